The predicted molar refractivity (Wildman–Crippen MR) is 62.6 cm³/mol. The number of imidazole rings is 1. The lowest BCUT2D eigenvalue weighted by Crippen LogP contribution is -2.11. The number of nitrogens with two attached hydrogens (primary N) is 1. The molecule has 0 bridgehead atoms. The summed E-state index contributed by atoms with van der Waals surface area (Å²) in [6, 6.07) is 0. The summed E-state index contributed by atoms with van der Waals surface area (Å²) >= 11 is 0. The Morgan fingerprint density at radius 1 is 1.40 bits per heavy atom. The number of hydrogen-bond donors (Lipinski definition) is 1. The van der Waals surface area contributed by atoms with E-state index >= 15 is 0 Å². The van der Waals surface area contributed by atoms with Crippen LogP contribution in [0.15, 0.2) is 6.20 Å². The van der Waals surface area contributed by atoms with Crippen molar-refractivity contribution < 1.29 is 0 Å². The zero-order chi connectivity index (χ0) is 10.7. The van der Waals surface area contributed by atoms with E-state index in [9.17, 15) is 0 Å². The van der Waals surface area contributed by atoms with Gasteiger partial charge in [0.2, 0.25) is 0 Å². The van der Waals surface area contributed by atoms with E-state index in [1.807, 2.05) is 6.92 Å². The number of rotatable bonds is 3. The maximum absolute atomic E-state index is 5.81. The Labute approximate surface area is 91.7 Å². The molecule has 84 valence electrons. The lowest BCUT2D eigenvalue weighted by molar-refractivity contribution is 0.325. The highest BCUT2D eigenvalue weighted by Gasteiger charge is 2.13. The minimum absolute atomic E-state index is 0.670. The maximum Gasteiger partial charge on any atom is 0.200 e. The normalized spacial score (nSPS) is 18.2. The molecule has 1 fully saturated rings. The average molecular weight is 207 g/mol. The second kappa shape index (κ2) is 4.69. The van der Waals surface area contributed by atoms with Gasteiger partial charge in [-0.3, -0.25) is 0 Å². The fraction of sp³-hybridized carbons (Fsp3) is 0.750. The van der Waals surface area contributed by atoms with Gasteiger partial charge in [0.15, 0.2) is 5.95 Å². The summed E-state index contributed by atoms with van der Waals surface area (Å²) in [7, 11) is 0. The Kier molecular flexibility index (Phi) is 3.29. The lowest BCUT2D eigenvalue weighted by Gasteiger charge is -2.21. The van der Waals surface area contributed by atoms with Gasteiger partial charge >= 0.3 is 0 Å². The molecule has 0 atom stereocenters. The predicted octanol–water partition coefficient (Wildman–Crippen LogP) is 2.74. The smallest absolute Gasteiger partial charge is 0.200 e. The van der Waals surface area contributed by atoms with Crippen LogP contribution in [-0.4, -0.2) is 9.55 Å². The number of aromatic nitrogens is 2. The zero-order valence-electron chi connectivity index (χ0n) is 9.58. The molecule has 1 heterocycles. The van der Waals surface area contributed by atoms with E-state index in [4.69, 9.17) is 5.73 Å². The van der Waals surface area contributed by atoms with E-state index in [1.54, 1.807) is 0 Å². The Balaban J connectivity index is 1.84. The van der Waals surface area contributed by atoms with E-state index in [0.717, 1.165) is 18.2 Å². The van der Waals surface area contributed by atoms with Crippen LogP contribution in [0.1, 0.15) is 44.2 Å². The molecule has 0 aliphatic heterocycles. The minimum atomic E-state index is 0.670. The van der Waals surface area contributed by atoms with Gasteiger partial charge in [0.05, 0.1) is 5.69 Å². The van der Waals surface area contributed by atoms with Gasteiger partial charge in [-0.15, -0.1) is 0 Å². The van der Waals surface area contributed by atoms with Gasteiger partial charge in [-0.25, -0.2) is 4.98 Å². The molecule has 0 aromatic carbocycles. The van der Waals surface area contributed by atoms with Crippen LogP contribution in [-0.2, 0) is 6.54 Å². The number of nitrogens with zero attached hydrogens (tertiary/aromatic N) is 2. The van der Waals surface area contributed by atoms with E-state index in [-0.39, 0.29) is 0 Å². The Bertz CT molecular complexity index is 311. The van der Waals surface area contributed by atoms with Crippen LogP contribution < -0.4 is 5.73 Å². The van der Waals surface area contributed by atoms with Gasteiger partial charge in [-0.1, -0.05) is 32.1 Å². The number of nitrogen functional groups attached to an aromatic ring is 1. The molecule has 0 saturated heterocycles. The van der Waals surface area contributed by atoms with Crippen LogP contribution in [0.3, 0.4) is 0 Å². The molecule has 1 saturated carbocycles. The van der Waals surface area contributed by atoms with Crippen LogP contribution in [0.25, 0.3) is 0 Å². The van der Waals surface area contributed by atoms with E-state index in [2.05, 4.69) is 15.7 Å². The fourth-order valence-electron chi connectivity index (χ4n) is 2.54. The van der Waals surface area contributed by atoms with Crippen LogP contribution in [0.4, 0.5) is 5.95 Å². The quantitative estimate of drug-likeness (QED) is 0.828. The van der Waals surface area contributed by atoms with Crippen molar-refractivity contribution in [2.24, 2.45) is 5.92 Å². The van der Waals surface area contributed by atoms with Gasteiger partial charge in [0, 0.05) is 12.7 Å². The van der Waals surface area contributed by atoms with Crippen LogP contribution in [0, 0.1) is 12.8 Å². The maximum atomic E-state index is 5.81. The van der Waals surface area contributed by atoms with E-state index in [0.29, 0.717) is 5.95 Å². The van der Waals surface area contributed by atoms with Gasteiger partial charge < -0.3 is 10.3 Å². The first-order valence-electron chi connectivity index (χ1n) is 6.05. The first-order chi connectivity index (χ1) is 7.25. The summed E-state index contributed by atoms with van der Waals surface area (Å²) in [5.41, 5.74) is 6.83. The summed E-state index contributed by atoms with van der Waals surface area (Å²) in [4.78, 5) is 4.22. The first kappa shape index (κ1) is 10.5. The highest BCUT2D eigenvalue weighted by atomic mass is 15.1. The van der Waals surface area contributed by atoms with Crippen molar-refractivity contribution in [3.8, 4) is 0 Å². The Hall–Kier alpha value is -0.990. The van der Waals surface area contributed by atoms with Crippen molar-refractivity contribution >= 4 is 5.95 Å². The highest BCUT2D eigenvalue weighted by molar-refractivity contribution is 5.20. The Morgan fingerprint density at radius 3 is 2.73 bits per heavy atom. The Morgan fingerprint density at radius 2 is 2.13 bits per heavy atom. The molecular weight excluding hydrogens is 186 g/mol. The van der Waals surface area contributed by atoms with Crippen LogP contribution in [0.2, 0.25) is 0 Å². The second-order valence-corrected chi connectivity index (χ2v) is 4.73. The molecule has 2 N–H and O–H groups in total. The monoisotopic (exact) mass is 207 g/mol. The van der Waals surface area contributed by atoms with Crippen molar-refractivity contribution in [3.05, 3.63) is 11.9 Å². The largest absolute Gasteiger partial charge is 0.369 e. The summed E-state index contributed by atoms with van der Waals surface area (Å²) in [5.74, 6) is 1.59. The SMILES string of the molecule is Cc1cn(CCC2CCCCC2)c(N)n1. The highest BCUT2D eigenvalue weighted by Crippen LogP contribution is 2.26. The summed E-state index contributed by atoms with van der Waals surface area (Å²) in [5, 5.41) is 0. The molecule has 1 aromatic heterocycles. The molecule has 15 heavy (non-hydrogen) atoms. The molecule has 1 aliphatic rings. The average Bonchev–Trinajstić information content (AvgIpc) is 2.56. The number of anilines is 1. The molecule has 3 nitrogen and oxygen atoms in total. The van der Waals surface area contributed by atoms with E-state index in [1.165, 1.54) is 38.5 Å². The van der Waals surface area contributed by atoms with Crippen molar-refractivity contribution in [1.82, 2.24) is 9.55 Å². The first-order valence-corrected chi connectivity index (χ1v) is 6.05. The molecule has 3 heteroatoms. The molecule has 1 aromatic rings. The van der Waals surface area contributed by atoms with Gasteiger partial charge in [0.25, 0.3) is 0 Å². The van der Waals surface area contributed by atoms with Gasteiger partial charge in [0.1, 0.15) is 0 Å². The van der Waals surface area contributed by atoms with Crippen molar-refractivity contribution in [2.45, 2.75) is 52.0 Å². The van der Waals surface area contributed by atoms with Crippen molar-refractivity contribution in [2.75, 3.05) is 5.73 Å². The summed E-state index contributed by atoms with van der Waals surface area (Å²) in [6.45, 7) is 3.03. The minimum Gasteiger partial charge on any atom is -0.369 e. The number of hydrogen-bond acceptors (Lipinski definition) is 2. The molecule has 1 aliphatic carbocycles. The lowest BCUT2D eigenvalue weighted by atomic mass is 9.87. The molecular formula is C12H21N3. The standard InChI is InChI=1S/C12H21N3/c1-10-9-15(12(13)14-10)8-7-11-5-3-2-4-6-11/h9,11H,2-8H2,1H3,(H2,13,14). The third kappa shape index (κ3) is 2.74. The number of aryl methyl sites for hydroxylation is 2. The zero-order valence-corrected chi connectivity index (χ0v) is 9.58. The topological polar surface area (TPSA) is 43.8 Å². The van der Waals surface area contributed by atoms with Crippen LogP contribution in [0.5, 0.6) is 0 Å². The third-order valence-corrected chi connectivity index (χ3v) is 3.43. The van der Waals surface area contributed by atoms with Gasteiger partial charge in [-0.2, -0.15) is 0 Å². The van der Waals surface area contributed by atoms with E-state index < -0.39 is 0 Å². The molecule has 2 rings (SSSR count). The third-order valence-electron chi connectivity index (χ3n) is 3.43. The van der Waals surface area contributed by atoms with Crippen molar-refractivity contribution in [3.63, 3.8) is 0 Å². The molecule has 0 spiro atoms. The van der Waals surface area contributed by atoms with Crippen LogP contribution >= 0.6 is 0 Å². The summed E-state index contributed by atoms with van der Waals surface area (Å²) in [6.07, 6.45) is 10.4. The molecule has 0 radical (unpaired) electrons. The second-order valence-electron chi connectivity index (χ2n) is 4.73. The summed E-state index contributed by atoms with van der Waals surface area (Å²) < 4.78 is 2.09. The molecule has 0 amide bonds. The van der Waals surface area contributed by atoms with Gasteiger partial charge in [-0.05, 0) is 19.3 Å². The fourth-order valence-corrected chi connectivity index (χ4v) is 2.54. The molecule has 0 unspecified atom stereocenters. The van der Waals surface area contributed by atoms with Crippen molar-refractivity contribution in [1.29, 1.82) is 0 Å².